The summed E-state index contributed by atoms with van der Waals surface area (Å²) in [5.41, 5.74) is 1.05. The average molecular weight is 295 g/mol. The molecule has 19 heavy (non-hydrogen) atoms. The Hall–Kier alpha value is -1.32. The molecule has 1 aromatic carbocycles. The van der Waals surface area contributed by atoms with E-state index in [2.05, 4.69) is 0 Å². The maximum absolute atomic E-state index is 11.8. The lowest BCUT2D eigenvalue weighted by Crippen LogP contribution is -2.03. The fourth-order valence-corrected chi connectivity index (χ4v) is 2.56. The van der Waals surface area contributed by atoms with Gasteiger partial charge in [-0.15, -0.1) is 11.3 Å². The molecule has 0 radical (unpaired) electrons. The van der Waals surface area contributed by atoms with E-state index in [1.807, 2.05) is 36.6 Å². The molecule has 0 amide bonds. The topological polar surface area (TPSA) is 26.3 Å². The molecular weight excluding hydrogens is 280 g/mol. The van der Waals surface area contributed by atoms with E-state index in [0.29, 0.717) is 24.5 Å². The highest BCUT2D eigenvalue weighted by Gasteiger charge is 2.07. The average Bonchev–Trinajstić information content (AvgIpc) is 2.92. The molecule has 0 fully saturated rings. The van der Waals surface area contributed by atoms with Crippen molar-refractivity contribution >= 4 is 28.7 Å². The number of ketones is 1. The van der Waals surface area contributed by atoms with Gasteiger partial charge >= 0.3 is 0 Å². The van der Waals surface area contributed by atoms with Crippen molar-refractivity contribution < 1.29 is 9.53 Å². The lowest BCUT2D eigenvalue weighted by atomic mass is 10.2. The molecule has 0 saturated carbocycles. The van der Waals surface area contributed by atoms with Gasteiger partial charge in [0.1, 0.15) is 5.75 Å². The van der Waals surface area contributed by atoms with Gasteiger partial charge in [0.15, 0.2) is 5.78 Å². The zero-order valence-corrected chi connectivity index (χ0v) is 12.3. The van der Waals surface area contributed by atoms with Gasteiger partial charge in [-0.25, -0.2) is 0 Å². The summed E-state index contributed by atoms with van der Waals surface area (Å²) in [7, 11) is 0. The van der Waals surface area contributed by atoms with Crippen LogP contribution in [-0.2, 0) is 0 Å². The summed E-state index contributed by atoms with van der Waals surface area (Å²) in [6, 6.07) is 9.31. The molecule has 0 aliphatic rings. The van der Waals surface area contributed by atoms with E-state index < -0.39 is 0 Å². The van der Waals surface area contributed by atoms with Crippen molar-refractivity contribution in [3.63, 3.8) is 0 Å². The summed E-state index contributed by atoms with van der Waals surface area (Å²) >= 11 is 7.40. The van der Waals surface area contributed by atoms with E-state index in [1.54, 1.807) is 6.07 Å². The summed E-state index contributed by atoms with van der Waals surface area (Å²) in [6.07, 6.45) is 1.23. The summed E-state index contributed by atoms with van der Waals surface area (Å²) in [6.45, 7) is 2.50. The number of carbonyl (C=O) groups excluding carboxylic acids is 1. The highest BCUT2D eigenvalue weighted by atomic mass is 35.5. The summed E-state index contributed by atoms with van der Waals surface area (Å²) in [5, 5.41) is 2.58. The van der Waals surface area contributed by atoms with Gasteiger partial charge in [-0.2, -0.15) is 0 Å². The number of thiophene rings is 1. The Morgan fingerprint density at radius 2 is 2.21 bits per heavy atom. The molecule has 4 heteroatoms. The number of rotatable bonds is 6. The Bertz CT molecular complexity index is 549. The first-order valence-electron chi connectivity index (χ1n) is 6.12. The van der Waals surface area contributed by atoms with Gasteiger partial charge in [-0.3, -0.25) is 4.79 Å². The molecule has 0 atom stereocenters. The van der Waals surface area contributed by atoms with Gasteiger partial charge in [0, 0.05) is 11.4 Å². The van der Waals surface area contributed by atoms with Crippen molar-refractivity contribution in [2.24, 2.45) is 0 Å². The molecule has 0 saturated heterocycles. The van der Waals surface area contributed by atoms with Crippen molar-refractivity contribution in [1.29, 1.82) is 0 Å². The number of ether oxygens (including phenoxy) is 1. The minimum absolute atomic E-state index is 0.182. The second-order valence-corrected chi connectivity index (χ2v) is 5.65. The highest BCUT2D eigenvalue weighted by molar-refractivity contribution is 7.12. The fourth-order valence-electron chi connectivity index (χ4n) is 1.70. The van der Waals surface area contributed by atoms with Crippen molar-refractivity contribution in [3.05, 3.63) is 51.2 Å². The lowest BCUT2D eigenvalue weighted by molar-refractivity contribution is 0.0977. The van der Waals surface area contributed by atoms with E-state index in [1.165, 1.54) is 11.3 Å². The monoisotopic (exact) mass is 294 g/mol. The quantitative estimate of drug-likeness (QED) is 0.567. The fraction of sp³-hybridized carbons (Fsp3) is 0.267. The third-order valence-corrected chi connectivity index (χ3v) is 3.90. The largest absolute Gasteiger partial charge is 0.493 e. The predicted molar refractivity (Wildman–Crippen MR) is 79.6 cm³/mol. The third-order valence-electron chi connectivity index (χ3n) is 2.75. The van der Waals surface area contributed by atoms with Gasteiger partial charge in [0.25, 0.3) is 0 Å². The second-order valence-electron chi connectivity index (χ2n) is 4.26. The molecule has 0 bridgehead atoms. The van der Waals surface area contributed by atoms with Crippen LogP contribution in [0.15, 0.2) is 35.7 Å². The number of halogens is 1. The maximum Gasteiger partial charge on any atom is 0.172 e. The minimum Gasteiger partial charge on any atom is -0.493 e. The van der Waals surface area contributed by atoms with Gasteiger partial charge in [0.2, 0.25) is 0 Å². The van der Waals surface area contributed by atoms with Gasteiger partial charge < -0.3 is 4.74 Å². The van der Waals surface area contributed by atoms with Gasteiger partial charge in [-0.1, -0.05) is 23.7 Å². The Balaban J connectivity index is 1.78. The first-order chi connectivity index (χ1) is 9.16. The Morgan fingerprint density at radius 3 is 2.95 bits per heavy atom. The number of carbonyl (C=O) groups is 1. The van der Waals surface area contributed by atoms with Crippen LogP contribution in [0.1, 0.15) is 28.1 Å². The van der Waals surface area contributed by atoms with Gasteiger partial charge in [-0.05, 0) is 42.5 Å². The number of aryl methyl sites for hydroxylation is 1. The van der Waals surface area contributed by atoms with Crippen molar-refractivity contribution in [1.82, 2.24) is 0 Å². The molecule has 2 aromatic rings. The minimum atomic E-state index is 0.182. The zero-order valence-electron chi connectivity index (χ0n) is 10.7. The standard InChI is InChI=1S/C15H15ClO2S/c1-11-6-7-12(16)10-14(11)18-8-2-4-13(17)15-5-3-9-19-15/h3,5-7,9-10H,2,4,8H2,1H3. The van der Waals surface area contributed by atoms with Crippen molar-refractivity contribution in [3.8, 4) is 5.75 Å². The van der Waals surface area contributed by atoms with E-state index in [-0.39, 0.29) is 5.78 Å². The van der Waals surface area contributed by atoms with E-state index in [4.69, 9.17) is 16.3 Å². The van der Waals surface area contributed by atoms with Crippen LogP contribution in [0.25, 0.3) is 0 Å². The van der Waals surface area contributed by atoms with E-state index in [0.717, 1.165) is 16.2 Å². The summed E-state index contributed by atoms with van der Waals surface area (Å²) in [5.74, 6) is 0.970. The molecule has 0 unspecified atom stereocenters. The first kappa shape index (κ1) is 14.1. The lowest BCUT2D eigenvalue weighted by Gasteiger charge is -2.08. The summed E-state index contributed by atoms with van der Waals surface area (Å²) < 4.78 is 5.65. The van der Waals surface area contributed by atoms with Crippen LogP contribution in [0.2, 0.25) is 5.02 Å². The Kier molecular flexibility index (Phi) is 5.00. The van der Waals surface area contributed by atoms with E-state index in [9.17, 15) is 4.79 Å². The maximum atomic E-state index is 11.8. The van der Waals surface area contributed by atoms with Crippen LogP contribution in [0, 0.1) is 6.92 Å². The molecule has 1 aromatic heterocycles. The Morgan fingerprint density at radius 1 is 1.37 bits per heavy atom. The van der Waals surface area contributed by atoms with Crippen LogP contribution in [0.3, 0.4) is 0 Å². The highest BCUT2D eigenvalue weighted by Crippen LogP contribution is 2.22. The van der Waals surface area contributed by atoms with Crippen molar-refractivity contribution in [2.45, 2.75) is 19.8 Å². The van der Waals surface area contributed by atoms with Gasteiger partial charge in [0.05, 0.1) is 11.5 Å². The van der Waals surface area contributed by atoms with Crippen LogP contribution in [0.4, 0.5) is 0 Å². The predicted octanol–water partition coefficient (Wildman–Crippen LogP) is 4.75. The van der Waals surface area contributed by atoms with E-state index >= 15 is 0 Å². The van der Waals surface area contributed by atoms with Crippen LogP contribution in [-0.4, -0.2) is 12.4 Å². The molecule has 2 rings (SSSR count). The third kappa shape index (κ3) is 4.08. The number of Topliss-reactive ketones (excluding diaryl/α,β-unsaturated/α-hetero) is 1. The SMILES string of the molecule is Cc1ccc(Cl)cc1OCCCC(=O)c1cccs1. The molecule has 0 N–H and O–H groups in total. The van der Waals surface area contributed by atoms with Crippen LogP contribution < -0.4 is 4.74 Å². The first-order valence-corrected chi connectivity index (χ1v) is 7.38. The molecule has 100 valence electrons. The second kappa shape index (κ2) is 6.73. The van der Waals surface area contributed by atoms with Crippen molar-refractivity contribution in [2.75, 3.05) is 6.61 Å². The van der Waals surface area contributed by atoms with Crippen LogP contribution in [0.5, 0.6) is 5.75 Å². The number of benzene rings is 1. The molecule has 0 aliphatic carbocycles. The summed E-state index contributed by atoms with van der Waals surface area (Å²) in [4.78, 5) is 12.6. The molecule has 0 spiro atoms. The normalized spacial score (nSPS) is 10.4. The molecular formula is C15H15ClO2S. The molecule has 0 aliphatic heterocycles. The molecule has 1 heterocycles. The zero-order chi connectivity index (χ0) is 13.7. The van der Waals surface area contributed by atoms with Crippen LogP contribution >= 0.6 is 22.9 Å². The number of hydrogen-bond acceptors (Lipinski definition) is 3. The smallest absolute Gasteiger partial charge is 0.172 e. The molecule has 2 nitrogen and oxygen atoms in total. The Labute approximate surface area is 122 Å². The number of hydrogen-bond donors (Lipinski definition) is 0.